The molecule has 0 nitrogen and oxygen atoms in total. The zero-order valence-electron chi connectivity index (χ0n) is 14.5. The molecule has 0 heterocycles. The van der Waals surface area contributed by atoms with Crippen LogP contribution in [0.1, 0.15) is 87.0 Å². The number of alkyl halides is 1. The fourth-order valence-electron chi connectivity index (χ4n) is 2.69. The van der Waals surface area contributed by atoms with Crippen molar-refractivity contribution in [2.24, 2.45) is 22.7 Å². The highest BCUT2D eigenvalue weighted by molar-refractivity contribution is 9.09. The first-order valence-corrected chi connectivity index (χ1v) is 9.35. The van der Waals surface area contributed by atoms with Crippen LogP contribution in [0, 0.1) is 22.7 Å². The number of halogens is 1. The molecular weight excluding hydrogens is 296 g/mol. The zero-order chi connectivity index (χ0) is 15.1. The van der Waals surface area contributed by atoms with Crippen molar-refractivity contribution in [1.82, 2.24) is 0 Å². The van der Waals surface area contributed by atoms with Gasteiger partial charge in [0.2, 0.25) is 0 Å². The summed E-state index contributed by atoms with van der Waals surface area (Å²) in [5, 5.41) is 1.12. The van der Waals surface area contributed by atoms with Crippen LogP contribution in [0.2, 0.25) is 0 Å². The summed E-state index contributed by atoms with van der Waals surface area (Å²) in [7, 11) is 0. The average molecular weight is 333 g/mol. The van der Waals surface area contributed by atoms with Gasteiger partial charge in [0.05, 0.1) is 0 Å². The van der Waals surface area contributed by atoms with Crippen LogP contribution in [0.5, 0.6) is 0 Å². The lowest BCUT2D eigenvalue weighted by atomic mass is 9.72. The van der Waals surface area contributed by atoms with E-state index in [1.165, 1.54) is 38.5 Å². The Bertz CT molecular complexity index is 230. The first-order chi connectivity index (χ1) is 8.67. The summed E-state index contributed by atoms with van der Waals surface area (Å²) in [6.07, 6.45) is 8.20. The van der Waals surface area contributed by atoms with Crippen LogP contribution in [0.25, 0.3) is 0 Å². The van der Waals surface area contributed by atoms with Gasteiger partial charge in [0.1, 0.15) is 0 Å². The minimum atomic E-state index is 0.475. The Hall–Kier alpha value is 0.480. The predicted molar refractivity (Wildman–Crippen MR) is 93.1 cm³/mol. The number of unbranched alkanes of at least 4 members (excludes halogenated alkanes) is 1. The normalized spacial score (nSPS) is 16.4. The van der Waals surface area contributed by atoms with Crippen molar-refractivity contribution in [3.8, 4) is 0 Å². The minimum Gasteiger partial charge on any atom is -0.0925 e. The predicted octanol–water partition coefficient (Wildman–Crippen LogP) is 7.07. The molecule has 0 aliphatic rings. The van der Waals surface area contributed by atoms with Gasteiger partial charge in [-0.3, -0.25) is 0 Å². The van der Waals surface area contributed by atoms with E-state index < -0.39 is 0 Å². The highest BCUT2D eigenvalue weighted by Crippen LogP contribution is 2.38. The first kappa shape index (κ1) is 19.5. The Balaban J connectivity index is 4.03. The van der Waals surface area contributed by atoms with E-state index in [-0.39, 0.29) is 0 Å². The van der Waals surface area contributed by atoms with Crippen LogP contribution in [-0.2, 0) is 0 Å². The Morgan fingerprint density at radius 1 is 0.842 bits per heavy atom. The van der Waals surface area contributed by atoms with Gasteiger partial charge in [0, 0.05) is 5.33 Å². The summed E-state index contributed by atoms with van der Waals surface area (Å²) < 4.78 is 0. The zero-order valence-corrected chi connectivity index (χ0v) is 16.1. The van der Waals surface area contributed by atoms with Gasteiger partial charge in [-0.2, -0.15) is 0 Å². The number of rotatable bonds is 10. The number of hydrogen-bond acceptors (Lipinski definition) is 0. The van der Waals surface area contributed by atoms with Gasteiger partial charge in [-0.25, -0.2) is 0 Å². The standard InChI is InChI=1S/C18H37Br/c1-8-11-15(2)17(4,5)12-9-10-13-18(6,7)16(3)14-19/h15-16H,8-14H2,1-7H3. The molecule has 0 bridgehead atoms. The summed E-state index contributed by atoms with van der Waals surface area (Å²) in [6.45, 7) is 16.9. The second kappa shape index (κ2) is 8.70. The summed E-state index contributed by atoms with van der Waals surface area (Å²) in [5.41, 5.74) is 0.990. The van der Waals surface area contributed by atoms with Crippen molar-refractivity contribution in [1.29, 1.82) is 0 Å². The van der Waals surface area contributed by atoms with E-state index in [0.717, 1.165) is 17.2 Å². The van der Waals surface area contributed by atoms with E-state index in [0.29, 0.717) is 10.8 Å². The molecule has 0 aromatic rings. The van der Waals surface area contributed by atoms with Crippen molar-refractivity contribution in [3.05, 3.63) is 0 Å². The highest BCUT2D eigenvalue weighted by Gasteiger charge is 2.27. The summed E-state index contributed by atoms with van der Waals surface area (Å²) in [5.74, 6) is 1.62. The molecule has 0 saturated heterocycles. The Labute approximate surface area is 131 Å². The molecule has 0 amide bonds. The molecule has 0 rings (SSSR count). The molecule has 2 atom stereocenters. The maximum Gasteiger partial charge on any atom is 0.00621 e. The molecule has 0 N–H and O–H groups in total. The van der Waals surface area contributed by atoms with E-state index in [1.54, 1.807) is 0 Å². The molecular formula is C18H37Br. The molecule has 0 fully saturated rings. The van der Waals surface area contributed by atoms with Crippen LogP contribution in [0.15, 0.2) is 0 Å². The third-order valence-corrected chi connectivity index (χ3v) is 6.48. The van der Waals surface area contributed by atoms with Crippen molar-refractivity contribution in [2.75, 3.05) is 5.33 Å². The van der Waals surface area contributed by atoms with E-state index in [1.807, 2.05) is 0 Å². The third-order valence-electron chi connectivity index (χ3n) is 5.51. The van der Waals surface area contributed by atoms with Gasteiger partial charge in [0.15, 0.2) is 0 Å². The van der Waals surface area contributed by atoms with E-state index in [9.17, 15) is 0 Å². The average Bonchev–Trinajstić information content (AvgIpc) is 2.34. The maximum atomic E-state index is 3.63. The molecule has 2 unspecified atom stereocenters. The third kappa shape index (κ3) is 7.16. The molecule has 0 aliphatic carbocycles. The molecule has 0 saturated carbocycles. The highest BCUT2D eigenvalue weighted by atomic mass is 79.9. The molecule has 1 heteroatoms. The Kier molecular flexibility index (Phi) is 8.92. The van der Waals surface area contributed by atoms with Crippen molar-refractivity contribution < 1.29 is 0 Å². The van der Waals surface area contributed by atoms with Crippen molar-refractivity contribution >= 4 is 15.9 Å². The minimum absolute atomic E-state index is 0.475. The SMILES string of the molecule is CCCC(C)C(C)(C)CCCCC(C)(C)C(C)CBr. The van der Waals surface area contributed by atoms with Gasteiger partial charge < -0.3 is 0 Å². The molecule has 0 radical (unpaired) electrons. The van der Waals surface area contributed by atoms with Crippen LogP contribution < -0.4 is 0 Å². The Morgan fingerprint density at radius 3 is 1.63 bits per heavy atom. The fourth-order valence-corrected chi connectivity index (χ4v) is 3.56. The molecule has 19 heavy (non-hydrogen) atoms. The van der Waals surface area contributed by atoms with Gasteiger partial charge in [-0.05, 0) is 35.5 Å². The summed E-state index contributed by atoms with van der Waals surface area (Å²) in [6, 6.07) is 0. The van der Waals surface area contributed by atoms with E-state index in [4.69, 9.17) is 0 Å². The smallest absolute Gasteiger partial charge is 0.00621 e. The lowest BCUT2D eigenvalue weighted by Gasteiger charge is -2.34. The van der Waals surface area contributed by atoms with Gasteiger partial charge >= 0.3 is 0 Å². The quantitative estimate of drug-likeness (QED) is 0.296. The lowest BCUT2D eigenvalue weighted by Crippen LogP contribution is -2.24. The lowest BCUT2D eigenvalue weighted by molar-refractivity contribution is 0.179. The summed E-state index contributed by atoms with van der Waals surface area (Å²) >= 11 is 3.63. The monoisotopic (exact) mass is 332 g/mol. The van der Waals surface area contributed by atoms with Crippen LogP contribution in [0.4, 0.5) is 0 Å². The van der Waals surface area contributed by atoms with Crippen LogP contribution >= 0.6 is 15.9 Å². The van der Waals surface area contributed by atoms with E-state index >= 15 is 0 Å². The van der Waals surface area contributed by atoms with E-state index in [2.05, 4.69) is 64.4 Å². The first-order valence-electron chi connectivity index (χ1n) is 8.23. The molecule has 0 aromatic heterocycles. The molecule has 116 valence electrons. The topological polar surface area (TPSA) is 0 Å². The van der Waals surface area contributed by atoms with Crippen LogP contribution in [0.3, 0.4) is 0 Å². The Morgan fingerprint density at radius 2 is 1.26 bits per heavy atom. The second-order valence-electron chi connectivity index (χ2n) is 7.93. The second-order valence-corrected chi connectivity index (χ2v) is 8.58. The van der Waals surface area contributed by atoms with Gasteiger partial charge in [-0.15, -0.1) is 0 Å². The molecule has 0 aromatic carbocycles. The summed E-state index contributed by atoms with van der Waals surface area (Å²) in [4.78, 5) is 0. The molecule has 0 spiro atoms. The molecule has 0 aliphatic heterocycles. The van der Waals surface area contributed by atoms with Crippen LogP contribution in [-0.4, -0.2) is 5.33 Å². The number of hydrogen-bond donors (Lipinski definition) is 0. The largest absolute Gasteiger partial charge is 0.0925 e. The van der Waals surface area contributed by atoms with Crippen molar-refractivity contribution in [2.45, 2.75) is 87.0 Å². The van der Waals surface area contributed by atoms with Gasteiger partial charge in [-0.1, -0.05) is 90.1 Å². The van der Waals surface area contributed by atoms with Gasteiger partial charge in [0.25, 0.3) is 0 Å². The fraction of sp³-hybridized carbons (Fsp3) is 1.00. The van der Waals surface area contributed by atoms with Crippen molar-refractivity contribution in [3.63, 3.8) is 0 Å². The maximum absolute atomic E-state index is 3.63.